The molecule has 0 aromatic carbocycles. The molecule has 0 spiro atoms. The van der Waals surface area contributed by atoms with Crippen LogP contribution in [0.15, 0.2) is 0 Å². The summed E-state index contributed by atoms with van der Waals surface area (Å²) >= 11 is 0. The van der Waals surface area contributed by atoms with Crippen molar-refractivity contribution in [2.24, 2.45) is 22.9 Å². The first-order valence-corrected chi connectivity index (χ1v) is 17.5. The van der Waals surface area contributed by atoms with E-state index in [1.165, 1.54) is 0 Å². The van der Waals surface area contributed by atoms with Crippen molar-refractivity contribution in [2.75, 3.05) is 0 Å². The van der Waals surface area contributed by atoms with Crippen molar-refractivity contribution in [3.05, 3.63) is 0 Å². The number of aliphatic carboxylic acids is 12. The number of ether oxygens (including phenoxy) is 4. The van der Waals surface area contributed by atoms with Gasteiger partial charge in [0, 0.05) is 23.9 Å². The van der Waals surface area contributed by atoms with Gasteiger partial charge in [-0.15, -0.1) is 0 Å². The molecular formula is C32H40N4Na4O32. The summed E-state index contributed by atoms with van der Waals surface area (Å²) in [4.78, 5) is 167. The van der Waals surface area contributed by atoms with Crippen LogP contribution >= 0.6 is 0 Å². The molecule has 0 aliphatic carbocycles. The van der Waals surface area contributed by atoms with Crippen LogP contribution in [0.1, 0.15) is 51.4 Å². The van der Waals surface area contributed by atoms with Gasteiger partial charge in [-0.3, -0.25) is 19.2 Å². The minimum atomic E-state index is -2.36. The largest absolute Gasteiger partial charge is 1.00 e. The van der Waals surface area contributed by atoms with E-state index < -0.39 is 170 Å². The molecule has 72 heavy (non-hydrogen) atoms. The summed E-state index contributed by atoms with van der Waals surface area (Å²) in [5, 5.41) is 107. The second-order valence-corrected chi connectivity index (χ2v) is 12.0. The molecule has 4 atom stereocenters. The Kier molecular flexibility index (Phi) is 52.6. The Labute approximate surface area is 489 Å². The topological polar surface area (TPSA) is 668 Å². The maximum Gasteiger partial charge on any atom is 1.00 e. The summed E-state index contributed by atoms with van der Waals surface area (Å²) in [6.45, 7) is 0. The third kappa shape index (κ3) is 43.0. The summed E-state index contributed by atoms with van der Waals surface area (Å²) in [5.74, 6) is -25.9. The van der Waals surface area contributed by atoms with Gasteiger partial charge in [0.1, 0.15) is 24.2 Å². The maximum atomic E-state index is 11.1. The number of hydrogen-bond acceptors (Lipinski definition) is 28. The predicted molar refractivity (Wildman–Crippen MR) is 189 cm³/mol. The number of nitrogens with two attached hydrogens (primary N) is 4. The third-order valence-electron chi connectivity index (χ3n) is 6.58. The van der Waals surface area contributed by atoms with E-state index in [-0.39, 0.29) is 144 Å². The van der Waals surface area contributed by atoms with Gasteiger partial charge in [0.25, 0.3) is 24.4 Å². The van der Waals surface area contributed by atoms with Crippen molar-refractivity contribution in [3.8, 4) is 0 Å². The fourth-order valence-corrected chi connectivity index (χ4v) is 3.20. The number of esters is 4. The molecule has 40 heteroatoms. The van der Waals surface area contributed by atoms with Crippen molar-refractivity contribution in [2.45, 2.75) is 99.9 Å². The number of hydrogen-bond donors (Lipinski definition) is 12. The molecule has 0 rings (SSSR count). The van der Waals surface area contributed by atoms with Crippen molar-refractivity contribution in [1.29, 1.82) is 0 Å². The van der Waals surface area contributed by atoms with Crippen LogP contribution in [0, 0.1) is 0 Å². The van der Waals surface area contributed by atoms with Gasteiger partial charge in [-0.05, 0) is 51.4 Å². The van der Waals surface area contributed by atoms with E-state index in [1.807, 2.05) is 0 Å². The Balaban J connectivity index is -0.000000124. The molecule has 0 unspecified atom stereocenters. The number of carbonyl (C=O) groups is 16. The minimum absolute atomic E-state index is 0. The molecule has 0 fully saturated rings. The predicted octanol–water partition coefficient (Wildman–Crippen LogP) is -24.3. The molecule has 0 heterocycles. The summed E-state index contributed by atoms with van der Waals surface area (Å²) in [6, 6.07) is -5.69. The smallest absolute Gasteiger partial charge is 0.550 e. The zero-order valence-electron chi connectivity index (χ0n) is 38.0. The molecule has 384 valence electrons. The van der Waals surface area contributed by atoms with Crippen molar-refractivity contribution in [1.82, 2.24) is 0 Å². The average Bonchev–Trinajstić information content (AvgIpc) is 3.21. The van der Waals surface area contributed by atoms with E-state index >= 15 is 0 Å². The number of carboxylic acid groups (broad SMARTS) is 12. The van der Waals surface area contributed by atoms with Gasteiger partial charge in [-0.1, -0.05) is 0 Å². The second kappa shape index (κ2) is 45.0. The molecule has 0 saturated heterocycles. The first-order valence-electron chi connectivity index (χ1n) is 17.5. The Morgan fingerprint density at radius 2 is 0.403 bits per heavy atom. The van der Waals surface area contributed by atoms with Gasteiger partial charge in [0.15, 0.2) is 0 Å². The molecule has 16 N–H and O–H groups in total. The third-order valence-corrected chi connectivity index (χ3v) is 6.58. The molecule has 0 radical (unpaired) electrons. The minimum Gasteiger partial charge on any atom is -0.550 e. The molecule has 0 aliphatic rings. The summed E-state index contributed by atoms with van der Waals surface area (Å²) in [5.41, 5.74) is 20.7. The normalized spacial score (nSPS) is 11.2. The summed E-state index contributed by atoms with van der Waals surface area (Å²) in [6.07, 6.45) is -12.9. The van der Waals surface area contributed by atoms with Gasteiger partial charge in [0.2, 0.25) is 0 Å². The van der Waals surface area contributed by atoms with Crippen molar-refractivity contribution >= 4 is 95.5 Å². The standard InChI is InChI=1S/4C8H11NO8.4Na/c4*9-3(1-2-4(10)11)8(16)17-5(6(12)13)7(14)15;;;;/h4*3,5H,1-2,9H2,(H,10,11)(H,12,13)(H,14,15);;;;/q;;;;4*+1/p-4/t4*3-;;;;/m0000..../s1. The molecule has 0 aliphatic heterocycles. The monoisotopic (exact) mass is 1080 g/mol. The van der Waals surface area contributed by atoms with Gasteiger partial charge < -0.3 is 122 Å². The fourth-order valence-electron chi connectivity index (χ4n) is 3.20. The van der Waals surface area contributed by atoms with Gasteiger partial charge in [-0.2, -0.15) is 0 Å². The van der Waals surface area contributed by atoms with E-state index in [1.54, 1.807) is 0 Å². The molecule has 36 nitrogen and oxygen atoms in total. The van der Waals surface area contributed by atoms with Crippen LogP contribution in [-0.4, -0.2) is 185 Å². The number of carbonyl (C=O) groups excluding carboxylic acids is 8. The maximum absolute atomic E-state index is 11.1. The van der Waals surface area contributed by atoms with Gasteiger partial charge in [0.05, 0.1) is 0 Å². The average molecular weight is 1080 g/mol. The molecule has 0 aromatic rings. The van der Waals surface area contributed by atoms with Crippen LogP contribution in [0.3, 0.4) is 0 Å². The fraction of sp³-hybridized carbons (Fsp3) is 0.500. The molecule has 0 saturated carbocycles. The van der Waals surface area contributed by atoms with Gasteiger partial charge in [-0.25, -0.2) is 38.4 Å². The SMILES string of the molecule is N[C@@H](CCC(=O)[O-])C(=O)OC(C(=O)O)C(=O)O.N[C@@H](CCC(=O)[O-])C(=O)OC(C(=O)O)C(=O)O.N[C@@H](CCC(=O)[O-])C(=O)OC(C(=O)O)C(=O)O.N[C@@H](CCC(=O)[O-])C(=O)OC(C(=O)O)C(=O)O.[Na+].[Na+].[Na+].[Na+]. The van der Waals surface area contributed by atoms with Crippen molar-refractivity contribution in [3.63, 3.8) is 0 Å². The van der Waals surface area contributed by atoms with Crippen LogP contribution in [-0.2, 0) is 95.7 Å². The van der Waals surface area contributed by atoms with Gasteiger partial charge >= 0.3 is 190 Å². The Hall–Kier alpha value is -4.64. The van der Waals surface area contributed by atoms with Crippen LogP contribution in [0.5, 0.6) is 0 Å². The number of carboxylic acids is 12. The van der Waals surface area contributed by atoms with E-state index in [2.05, 4.69) is 18.9 Å². The van der Waals surface area contributed by atoms with E-state index in [0.717, 1.165) is 0 Å². The summed E-state index contributed by atoms with van der Waals surface area (Å²) in [7, 11) is 0. The zero-order valence-corrected chi connectivity index (χ0v) is 46.0. The molecule has 0 amide bonds. The van der Waals surface area contributed by atoms with E-state index in [4.69, 9.17) is 63.8 Å². The zero-order chi connectivity index (χ0) is 54.3. The number of rotatable bonds is 28. The Morgan fingerprint density at radius 3 is 0.486 bits per heavy atom. The molecule has 0 aromatic heterocycles. The molecule has 0 bridgehead atoms. The Morgan fingerprint density at radius 1 is 0.292 bits per heavy atom. The van der Waals surface area contributed by atoms with E-state index in [9.17, 15) is 97.1 Å². The quantitative estimate of drug-likeness (QED) is 0.0150. The second-order valence-electron chi connectivity index (χ2n) is 12.0. The first-order chi connectivity index (χ1) is 31.0. The summed E-state index contributed by atoms with van der Waals surface area (Å²) < 4.78 is 16.4. The first kappa shape index (κ1) is 84.2. The Bertz CT molecular complexity index is 1580. The van der Waals surface area contributed by atoms with Crippen LogP contribution < -0.4 is 162 Å². The van der Waals surface area contributed by atoms with Crippen LogP contribution in [0.4, 0.5) is 0 Å². The van der Waals surface area contributed by atoms with Crippen LogP contribution in [0.25, 0.3) is 0 Å². The van der Waals surface area contributed by atoms with E-state index in [0.29, 0.717) is 0 Å². The van der Waals surface area contributed by atoms with Crippen molar-refractivity contribution < 1.29 is 275 Å². The van der Waals surface area contributed by atoms with Crippen LogP contribution in [0.2, 0.25) is 0 Å². The molecular weight excluding hydrogens is 1040 g/mol.